The Hall–Kier alpha value is -7.68. The lowest BCUT2D eigenvalue weighted by atomic mass is 9.82. The first-order valence-corrected chi connectivity index (χ1v) is 22.1. The van der Waals surface area contributed by atoms with Crippen molar-refractivity contribution >= 4 is 50.5 Å². The van der Waals surface area contributed by atoms with Crippen LogP contribution < -0.4 is 9.80 Å². The van der Waals surface area contributed by atoms with Gasteiger partial charge in [-0.25, -0.2) is 0 Å². The molecule has 0 heterocycles. The van der Waals surface area contributed by atoms with Crippen molar-refractivity contribution in [3.63, 3.8) is 0 Å². The first-order valence-electron chi connectivity index (χ1n) is 22.1. The quantitative estimate of drug-likeness (QED) is 0.143. The summed E-state index contributed by atoms with van der Waals surface area (Å²) in [5, 5.41) is 2.51. The molecule has 0 amide bonds. The predicted molar refractivity (Wildman–Crippen MR) is 267 cm³/mol. The van der Waals surface area contributed by atoms with Gasteiger partial charge in [-0.15, -0.1) is 0 Å². The van der Waals surface area contributed by atoms with Gasteiger partial charge < -0.3 is 9.80 Å². The van der Waals surface area contributed by atoms with Gasteiger partial charge in [0.25, 0.3) is 0 Å². The van der Waals surface area contributed by atoms with E-state index < -0.39 is 0 Å². The van der Waals surface area contributed by atoms with E-state index >= 15 is 0 Å². The van der Waals surface area contributed by atoms with E-state index in [1.54, 1.807) is 0 Å². The lowest BCUT2D eigenvalue weighted by Crippen LogP contribution is -2.17. The second-order valence-electron chi connectivity index (χ2n) is 17.3. The highest BCUT2D eigenvalue weighted by Gasteiger charge is 2.36. The predicted octanol–water partition coefficient (Wildman–Crippen LogP) is 16.9. The summed E-state index contributed by atoms with van der Waals surface area (Å²) in [6.45, 7) is 4.72. The number of fused-ring (bicyclic) bond motifs is 4. The van der Waals surface area contributed by atoms with Crippen molar-refractivity contribution in [3.8, 4) is 22.3 Å². The molecule has 9 aromatic rings. The Bertz CT molecular complexity index is 3180. The summed E-state index contributed by atoms with van der Waals surface area (Å²) < 4.78 is 0. The summed E-state index contributed by atoms with van der Waals surface area (Å²) in [6, 6.07) is 79.7. The minimum atomic E-state index is -0.0961. The second-order valence-corrected chi connectivity index (χ2v) is 17.3. The second kappa shape index (κ2) is 16.0. The number of benzene rings is 9. The lowest BCUT2D eigenvalue weighted by molar-refractivity contribution is 0.660. The van der Waals surface area contributed by atoms with Gasteiger partial charge in [-0.3, -0.25) is 0 Å². The molecule has 1 unspecified atom stereocenters. The number of para-hydroxylation sites is 4. The van der Waals surface area contributed by atoms with E-state index in [1.165, 1.54) is 66.5 Å². The molecule has 0 radical (unpaired) electrons. The van der Waals surface area contributed by atoms with Gasteiger partial charge >= 0.3 is 0 Å². The SMILES string of the molecule is CC1(C)c2ccccc2-c2ccc(N(c3ccccc3)c3ccccc3C3=CCC(c4ccccc4N(c4ccccc4)c4ccc(-c5ccc6ccccc6c5)cc4)C=C3)cc21. The number of allylic oxidation sites excluding steroid dienone is 4. The third-order valence-corrected chi connectivity index (χ3v) is 13.2. The maximum absolute atomic E-state index is 2.44. The number of nitrogens with zero attached hydrogens (tertiary/aromatic N) is 2. The molecule has 0 bridgehead atoms. The monoisotopic (exact) mass is 808 g/mol. The van der Waals surface area contributed by atoms with E-state index in [-0.39, 0.29) is 11.3 Å². The molecule has 2 aliphatic rings. The van der Waals surface area contributed by atoms with Crippen LogP contribution in [0, 0.1) is 0 Å². The molecule has 2 aliphatic carbocycles. The van der Waals surface area contributed by atoms with Crippen LogP contribution in [-0.4, -0.2) is 0 Å². The van der Waals surface area contributed by atoms with Crippen molar-refractivity contribution in [2.24, 2.45) is 0 Å². The number of rotatable bonds is 9. The van der Waals surface area contributed by atoms with Gasteiger partial charge in [0.05, 0.1) is 5.69 Å². The molecule has 1 atom stereocenters. The summed E-state index contributed by atoms with van der Waals surface area (Å²) >= 11 is 0. The van der Waals surface area contributed by atoms with Crippen LogP contribution in [0.3, 0.4) is 0 Å². The third kappa shape index (κ3) is 6.95. The third-order valence-electron chi connectivity index (χ3n) is 13.2. The average molecular weight is 809 g/mol. The van der Waals surface area contributed by atoms with E-state index in [0.717, 1.165) is 34.9 Å². The molecule has 2 nitrogen and oxygen atoms in total. The largest absolute Gasteiger partial charge is 0.310 e. The van der Waals surface area contributed by atoms with E-state index in [9.17, 15) is 0 Å². The Balaban J connectivity index is 0.930. The molecule has 0 aliphatic heterocycles. The molecule has 0 N–H and O–H groups in total. The van der Waals surface area contributed by atoms with Gasteiger partial charge in [0, 0.05) is 45.3 Å². The van der Waals surface area contributed by atoms with E-state index in [4.69, 9.17) is 0 Å². The van der Waals surface area contributed by atoms with Gasteiger partial charge in [0.1, 0.15) is 0 Å². The number of hydrogen-bond acceptors (Lipinski definition) is 2. The van der Waals surface area contributed by atoms with E-state index in [1.807, 2.05) is 0 Å². The zero-order valence-corrected chi connectivity index (χ0v) is 35.7. The maximum Gasteiger partial charge on any atom is 0.0539 e. The highest BCUT2D eigenvalue weighted by atomic mass is 15.1. The highest BCUT2D eigenvalue weighted by molar-refractivity contribution is 5.92. The Morgan fingerprint density at radius 3 is 1.70 bits per heavy atom. The standard InChI is InChI=1S/C61H48N2/c1-61(2)57-26-14-11-25-55(57)56-40-39-52(42-58(56)61)63(50-21-7-4-8-22-50)60-28-16-13-24-54(60)46-32-30-45(31-33-46)53-23-12-15-27-59(53)62(49-19-5-3-6-20-49)51-37-35-44(36-38-51)48-34-29-43-17-9-10-18-47(43)41-48/h3-30,32-42,45H,31H2,1-2H3. The van der Waals surface area contributed by atoms with Gasteiger partial charge in [-0.2, -0.15) is 0 Å². The van der Waals surface area contributed by atoms with Crippen LogP contribution >= 0.6 is 0 Å². The fraction of sp³-hybridized carbons (Fsp3) is 0.0820. The van der Waals surface area contributed by atoms with Crippen LogP contribution in [0.25, 0.3) is 38.6 Å². The summed E-state index contributed by atoms with van der Waals surface area (Å²) in [5.41, 5.74) is 18.4. The Morgan fingerprint density at radius 1 is 0.413 bits per heavy atom. The summed E-state index contributed by atoms with van der Waals surface area (Å²) in [7, 11) is 0. The van der Waals surface area contributed by atoms with Crippen LogP contribution in [0.15, 0.2) is 237 Å². The molecular formula is C61H48N2. The normalized spacial score (nSPS) is 14.8. The van der Waals surface area contributed by atoms with Gasteiger partial charge in [-0.1, -0.05) is 184 Å². The summed E-state index contributed by atoms with van der Waals surface area (Å²) in [6.07, 6.45) is 8.09. The van der Waals surface area contributed by atoms with Crippen LogP contribution in [0.4, 0.5) is 34.1 Å². The van der Waals surface area contributed by atoms with Crippen molar-refractivity contribution in [2.75, 3.05) is 9.80 Å². The van der Waals surface area contributed by atoms with Crippen molar-refractivity contribution < 1.29 is 0 Å². The Labute approximate surface area is 371 Å². The topological polar surface area (TPSA) is 6.48 Å². The van der Waals surface area contributed by atoms with Crippen LogP contribution in [0.2, 0.25) is 0 Å². The number of hydrogen-bond donors (Lipinski definition) is 0. The Kier molecular flexibility index (Phi) is 9.70. The molecule has 0 fully saturated rings. The molecule has 9 aromatic carbocycles. The van der Waals surface area contributed by atoms with Gasteiger partial charge in [-0.05, 0) is 128 Å². The zero-order valence-electron chi connectivity index (χ0n) is 35.7. The molecule has 2 heteroatoms. The molecule has 0 saturated carbocycles. The first kappa shape index (κ1) is 38.3. The fourth-order valence-corrected chi connectivity index (χ4v) is 9.98. The zero-order chi connectivity index (χ0) is 42.3. The summed E-state index contributed by atoms with van der Waals surface area (Å²) in [4.78, 5) is 4.85. The van der Waals surface area contributed by atoms with Crippen molar-refractivity contribution in [3.05, 3.63) is 259 Å². The van der Waals surface area contributed by atoms with E-state index in [0.29, 0.717) is 0 Å². The average Bonchev–Trinajstić information content (AvgIpc) is 3.58. The molecule has 11 rings (SSSR count). The van der Waals surface area contributed by atoms with Crippen molar-refractivity contribution in [2.45, 2.75) is 31.6 Å². The van der Waals surface area contributed by atoms with E-state index in [2.05, 4.69) is 260 Å². The lowest BCUT2D eigenvalue weighted by Gasteiger charge is -2.31. The smallest absolute Gasteiger partial charge is 0.0539 e. The minimum Gasteiger partial charge on any atom is -0.310 e. The first-order chi connectivity index (χ1) is 31.0. The minimum absolute atomic E-state index is 0.0961. The van der Waals surface area contributed by atoms with Crippen LogP contribution in [0.1, 0.15) is 48.4 Å². The van der Waals surface area contributed by atoms with Gasteiger partial charge in [0.15, 0.2) is 0 Å². The molecule has 0 aromatic heterocycles. The fourth-order valence-electron chi connectivity index (χ4n) is 9.98. The van der Waals surface area contributed by atoms with Crippen molar-refractivity contribution in [1.82, 2.24) is 0 Å². The molecule has 63 heavy (non-hydrogen) atoms. The van der Waals surface area contributed by atoms with Crippen LogP contribution in [0.5, 0.6) is 0 Å². The number of anilines is 6. The molecule has 0 spiro atoms. The molecular weight excluding hydrogens is 761 g/mol. The van der Waals surface area contributed by atoms with Crippen LogP contribution in [-0.2, 0) is 5.41 Å². The molecule has 0 saturated heterocycles. The van der Waals surface area contributed by atoms with Gasteiger partial charge in [0.2, 0.25) is 0 Å². The Morgan fingerprint density at radius 2 is 0.968 bits per heavy atom. The maximum atomic E-state index is 2.44. The van der Waals surface area contributed by atoms with Crippen molar-refractivity contribution in [1.29, 1.82) is 0 Å². The summed E-state index contributed by atoms with van der Waals surface area (Å²) in [5.74, 6) is 0.200. The molecule has 302 valence electrons. The highest BCUT2D eigenvalue weighted by Crippen LogP contribution is 2.51.